The first-order valence-corrected chi connectivity index (χ1v) is 6.21. The molecule has 0 aromatic heterocycles. The van der Waals surface area contributed by atoms with Gasteiger partial charge < -0.3 is 10.4 Å². The van der Waals surface area contributed by atoms with Crippen molar-refractivity contribution in [1.29, 1.82) is 0 Å². The lowest BCUT2D eigenvalue weighted by atomic mass is 10.1. The second-order valence-corrected chi connectivity index (χ2v) is 4.45. The summed E-state index contributed by atoms with van der Waals surface area (Å²) >= 11 is 0. The second kappa shape index (κ2) is 7.83. The van der Waals surface area contributed by atoms with Crippen LogP contribution in [0.15, 0.2) is 37.1 Å². The number of rotatable bonds is 8. The first-order chi connectivity index (χ1) is 7.95. The van der Waals surface area contributed by atoms with Crippen molar-refractivity contribution in [3.05, 3.63) is 37.1 Å². The molecule has 93 valence electrons. The van der Waals surface area contributed by atoms with Crippen LogP contribution in [0.4, 0.5) is 4.79 Å². The molecule has 0 aliphatic carbocycles. The van der Waals surface area contributed by atoms with Crippen molar-refractivity contribution in [2.24, 2.45) is 0 Å². The van der Waals surface area contributed by atoms with Crippen LogP contribution in [-0.4, -0.2) is 39.0 Å². The number of nitrogens with one attached hydrogen (secondary N) is 2. The average Bonchev–Trinajstić information content (AvgIpc) is 2.25. The summed E-state index contributed by atoms with van der Waals surface area (Å²) in [6, 6.07) is 0. The fourth-order valence-corrected chi connectivity index (χ4v) is 1.63. The van der Waals surface area contributed by atoms with Gasteiger partial charge in [-0.25, -0.2) is 13.1 Å². The van der Waals surface area contributed by atoms with Gasteiger partial charge in [-0.15, -0.1) is 0 Å². The minimum atomic E-state index is -3.85. The lowest BCUT2D eigenvalue weighted by Gasteiger charge is -2.05. The molecule has 0 fully saturated rings. The van der Waals surface area contributed by atoms with Crippen molar-refractivity contribution in [1.82, 2.24) is 10.0 Å². The Morgan fingerprint density at radius 1 is 1.41 bits per heavy atom. The highest BCUT2D eigenvalue weighted by molar-refractivity contribution is 8.16. The van der Waals surface area contributed by atoms with Crippen LogP contribution in [0, 0.1) is 0 Å². The first-order valence-electron chi connectivity index (χ1n) is 4.66. The molecule has 0 saturated heterocycles. The molecule has 0 unspecified atom stereocenters. The van der Waals surface area contributed by atoms with Crippen LogP contribution in [-0.2, 0) is 9.87 Å². The maximum atomic E-state index is 11.3. The smallest absolute Gasteiger partial charge is 0.395 e. The van der Waals surface area contributed by atoms with Crippen LogP contribution in [0.1, 0.15) is 0 Å². The zero-order valence-electron chi connectivity index (χ0n) is 9.22. The van der Waals surface area contributed by atoms with Crippen molar-refractivity contribution in [3.8, 4) is 0 Å². The van der Waals surface area contributed by atoms with E-state index in [1.54, 1.807) is 0 Å². The van der Waals surface area contributed by atoms with Gasteiger partial charge in [0.2, 0.25) is 0 Å². The fraction of sp³-hybridized carbons (Fsp3) is 0.222. The number of hydrogen-bond donors (Lipinski definition) is 3. The lowest BCUT2D eigenvalue weighted by Crippen LogP contribution is -2.38. The molecule has 17 heavy (non-hydrogen) atoms. The number of hydrogen-bond acceptors (Lipinski definition) is 4. The molecule has 1 radical (unpaired) electrons. The Morgan fingerprint density at radius 2 is 2.06 bits per heavy atom. The van der Waals surface area contributed by atoms with Gasteiger partial charge in [0.15, 0.2) is 15.7 Å². The van der Waals surface area contributed by atoms with Gasteiger partial charge in [0.05, 0.1) is 6.61 Å². The summed E-state index contributed by atoms with van der Waals surface area (Å²) < 4.78 is 24.5. The molecular weight excluding hydrogens is 243 g/mol. The first kappa shape index (κ1) is 15.6. The lowest BCUT2D eigenvalue weighted by molar-refractivity contribution is 0.261. The van der Waals surface area contributed by atoms with E-state index < -0.39 is 15.7 Å². The highest BCUT2D eigenvalue weighted by Gasteiger charge is 2.19. The van der Waals surface area contributed by atoms with Crippen molar-refractivity contribution in [2.45, 2.75) is 0 Å². The van der Waals surface area contributed by atoms with Crippen LogP contribution in [0.25, 0.3) is 0 Å². The van der Waals surface area contributed by atoms with E-state index in [2.05, 4.69) is 18.5 Å². The van der Waals surface area contributed by atoms with Crippen molar-refractivity contribution >= 4 is 22.2 Å². The van der Waals surface area contributed by atoms with Crippen LogP contribution >= 0.6 is 0 Å². The molecule has 0 aliphatic rings. The highest BCUT2D eigenvalue weighted by Crippen LogP contribution is 1.92. The van der Waals surface area contributed by atoms with E-state index in [-0.39, 0.29) is 13.2 Å². The molecule has 0 aliphatic heterocycles. The normalized spacial score (nSPS) is 11.7. The van der Waals surface area contributed by atoms with Gasteiger partial charge in [-0.2, -0.15) is 0 Å². The monoisotopic (exact) mass is 257 g/mol. The van der Waals surface area contributed by atoms with Crippen molar-refractivity contribution in [2.75, 3.05) is 13.2 Å². The van der Waals surface area contributed by atoms with E-state index in [4.69, 9.17) is 5.11 Å². The van der Waals surface area contributed by atoms with Gasteiger partial charge in [0, 0.05) is 12.2 Å². The summed E-state index contributed by atoms with van der Waals surface area (Å²) in [5, 5.41) is 10.7. The molecule has 0 aromatic carbocycles. The quantitative estimate of drug-likeness (QED) is 0.403. The minimum Gasteiger partial charge on any atom is -0.395 e. The van der Waals surface area contributed by atoms with Crippen LogP contribution in [0.5, 0.6) is 0 Å². The highest BCUT2D eigenvalue weighted by atomic mass is 32.2. The summed E-state index contributed by atoms with van der Waals surface area (Å²) in [5.41, 5.74) is 0.332. The van der Waals surface area contributed by atoms with E-state index in [1.165, 1.54) is 18.2 Å². The molecule has 1 amide bonds. The van der Waals surface area contributed by atoms with Gasteiger partial charge in [-0.1, -0.05) is 19.2 Å². The molecule has 0 aromatic rings. The number of carbonyl (C=O) groups is 1. The Bertz CT molecular complexity index is 417. The SMILES string of the molecule is C=C/C=C(\C=C)NC(=O)[B]S(=O)(=O)NCCO. The molecule has 0 atom stereocenters. The number of aliphatic hydroxyl groups is 1. The van der Waals surface area contributed by atoms with E-state index in [0.29, 0.717) is 12.3 Å². The van der Waals surface area contributed by atoms with Crippen LogP contribution in [0.3, 0.4) is 0 Å². The number of aliphatic hydroxyl groups excluding tert-OH is 1. The molecule has 0 heterocycles. The maximum Gasteiger partial charge on any atom is 0.415 e. The van der Waals surface area contributed by atoms with E-state index in [1.807, 2.05) is 4.72 Å². The molecule has 6 nitrogen and oxygen atoms in total. The Labute approximate surface area is 101 Å². The summed E-state index contributed by atoms with van der Waals surface area (Å²) in [6.07, 6.45) is 4.24. The second-order valence-electron chi connectivity index (χ2n) is 2.83. The average molecular weight is 257 g/mol. The predicted molar refractivity (Wildman–Crippen MR) is 66.8 cm³/mol. The molecule has 0 saturated carbocycles. The third kappa shape index (κ3) is 7.50. The molecule has 3 N–H and O–H groups in total. The molecule has 8 heteroatoms. The Morgan fingerprint density at radius 3 is 2.53 bits per heavy atom. The van der Waals surface area contributed by atoms with Gasteiger partial charge in [-0.05, 0) is 12.2 Å². The van der Waals surface area contributed by atoms with Gasteiger partial charge in [-0.3, -0.25) is 4.79 Å². The number of allylic oxidation sites excluding steroid dienone is 3. The Kier molecular flexibility index (Phi) is 7.19. The third-order valence-electron chi connectivity index (χ3n) is 1.46. The summed E-state index contributed by atoms with van der Waals surface area (Å²) in [5.74, 6) is -0.816. The Balaban J connectivity index is 4.40. The molecule has 0 spiro atoms. The minimum absolute atomic E-state index is 0.150. The van der Waals surface area contributed by atoms with Gasteiger partial charge in [0.1, 0.15) is 0 Å². The van der Waals surface area contributed by atoms with E-state index in [9.17, 15) is 13.2 Å². The standard InChI is InChI=1S/C9H14BN2O4S/c1-3-5-8(4-2)12-9(14)10-17(15,16)11-6-7-13/h3-5,11,13H,1-2,6-7H2,(H,12,14)/b8-5+. The Hall–Kier alpha value is -1.38. The number of carbonyl (C=O) groups excluding carboxylic acids is 1. The zero-order chi connectivity index (χ0) is 13.3. The summed E-state index contributed by atoms with van der Waals surface area (Å²) in [6.45, 7) is 6.86. The van der Waals surface area contributed by atoms with Gasteiger partial charge >= 0.3 is 6.56 Å². The van der Waals surface area contributed by atoms with E-state index in [0.717, 1.165) is 0 Å². The number of amides is 1. The van der Waals surface area contributed by atoms with E-state index >= 15 is 0 Å². The molecule has 0 rings (SSSR count). The van der Waals surface area contributed by atoms with Crippen LogP contribution in [0.2, 0.25) is 0 Å². The maximum absolute atomic E-state index is 11.3. The van der Waals surface area contributed by atoms with Crippen molar-refractivity contribution < 1.29 is 18.3 Å². The predicted octanol–water partition coefficient (Wildman–Crippen LogP) is -0.517. The largest absolute Gasteiger partial charge is 0.415 e. The van der Waals surface area contributed by atoms with Gasteiger partial charge in [0.25, 0.3) is 0 Å². The van der Waals surface area contributed by atoms with Crippen LogP contribution < -0.4 is 10.0 Å². The zero-order valence-corrected chi connectivity index (χ0v) is 10.0. The van der Waals surface area contributed by atoms with Crippen molar-refractivity contribution in [3.63, 3.8) is 0 Å². The molecular formula is C9H14BN2O4S. The topological polar surface area (TPSA) is 95.5 Å². The molecule has 0 bridgehead atoms. The summed E-state index contributed by atoms with van der Waals surface area (Å²) in [4.78, 5) is 11.3. The third-order valence-corrected chi connectivity index (χ3v) is 2.59. The fourth-order valence-electron chi connectivity index (χ4n) is 0.830. The summed E-state index contributed by atoms with van der Waals surface area (Å²) in [7, 11) is -3.85.